The van der Waals surface area contributed by atoms with Crippen LogP contribution < -0.4 is 0 Å². The molecule has 0 rings (SSSR count). The Morgan fingerprint density at radius 1 is 0.867 bits per heavy atom. The summed E-state index contributed by atoms with van der Waals surface area (Å²) in [4.78, 5) is 0. The molecule has 0 aliphatic rings. The second kappa shape index (κ2) is 17.1. The molecule has 0 N–H and O–H groups in total. The predicted octanol–water partition coefficient (Wildman–Crippen LogP) is 2.99. The van der Waals surface area contributed by atoms with Gasteiger partial charge in [0.25, 0.3) is 0 Å². The zero-order valence-electron chi connectivity index (χ0n) is 11.3. The summed E-state index contributed by atoms with van der Waals surface area (Å²) >= 11 is -0.629. The van der Waals surface area contributed by atoms with E-state index in [-0.39, 0.29) is 8.80 Å². The molecule has 92 valence electrons. The molecule has 0 aromatic carbocycles. The van der Waals surface area contributed by atoms with Gasteiger partial charge in [0.1, 0.15) is 0 Å². The number of rotatable bonds is 8. The molecule has 0 atom stereocenters. The van der Waals surface area contributed by atoms with Crippen molar-refractivity contribution in [3.05, 3.63) is 0 Å². The summed E-state index contributed by atoms with van der Waals surface area (Å²) < 4.78 is 10.7. The van der Waals surface area contributed by atoms with Gasteiger partial charge in [0.05, 0.1) is 0 Å². The molecule has 0 spiro atoms. The quantitative estimate of drug-likeness (QED) is 0.485. The number of hydrogen-bond donors (Lipinski definition) is 0. The van der Waals surface area contributed by atoms with Gasteiger partial charge in [-0.2, -0.15) is 0 Å². The molecule has 0 unspecified atom stereocenters. The Morgan fingerprint density at radius 2 is 1.20 bits per heavy atom. The molecule has 2 nitrogen and oxygen atoms in total. The zero-order valence-corrected chi connectivity index (χ0v) is 13.9. The van der Waals surface area contributed by atoms with E-state index in [4.69, 9.17) is 7.58 Å². The van der Waals surface area contributed by atoms with Crippen LogP contribution >= 0.6 is 0 Å². The summed E-state index contributed by atoms with van der Waals surface area (Å²) in [6.45, 7) is 13.1. The van der Waals surface area contributed by atoms with Gasteiger partial charge < -0.3 is 7.58 Å². The summed E-state index contributed by atoms with van der Waals surface area (Å²) in [5.41, 5.74) is 0. The molecule has 0 fully saturated rings. The van der Waals surface area contributed by atoms with Crippen LogP contribution in [0.2, 0.25) is 19.6 Å². The molecule has 4 heteroatoms. The molecule has 0 saturated carbocycles. The topological polar surface area (TPSA) is 18.5 Å². The highest BCUT2D eigenvalue weighted by Gasteiger charge is 1.94. The third-order valence-corrected chi connectivity index (χ3v) is 2.36. The smallest absolute Gasteiger partial charge is 0.481 e. The zero-order chi connectivity index (χ0) is 11.9. The first kappa shape index (κ1) is 18.0. The first-order chi connectivity index (χ1) is 7.15. The molecular weight excluding hydrogens is 219 g/mol. The van der Waals surface area contributed by atoms with E-state index < -0.39 is 15.9 Å². The van der Waals surface area contributed by atoms with Gasteiger partial charge in [-0.25, -0.2) is 0 Å². The van der Waals surface area contributed by atoms with Crippen molar-refractivity contribution in [1.29, 1.82) is 0 Å². The Labute approximate surface area is 105 Å². The maximum atomic E-state index is 5.34. The van der Waals surface area contributed by atoms with Gasteiger partial charge in [0.2, 0.25) is 0 Å². The highest BCUT2D eigenvalue weighted by molar-refractivity contribution is 6.54. The fraction of sp³-hybridized carbons (Fsp3) is 1.00. The van der Waals surface area contributed by atoms with Crippen LogP contribution in [-0.4, -0.2) is 37.9 Å². The van der Waals surface area contributed by atoms with Crippen LogP contribution in [-0.2, 0) is 7.58 Å². The first-order valence-corrected chi connectivity index (χ1v) is 10.9. The van der Waals surface area contributed by atoms with E-state index in [1.807, 2.05) is 0 Å². The molecule has 0 aliphatic heterocycles. The minimum Gasteiger partial charge on any atom is -0.481 e. The Bertz CT molecular complexity index is 91.8. The lowest BCUT2D eigenvalue weighted by molar-refractivity contribution is 0.216. The summed E-state index contributed by atoms with van der Waals surface area (Å²) in [7, 11) is -0.139. The maximum Gasteiger partial charge on any atom is 0.649 e. The highest BCUT2D eigenvalue weighted by atomic mass is 28.3. The summed E-state index contributed by atoms with van der Waals surface area (Å²) in [5.74, 6) is 0. The highest BCUT2D eigenvalue weighted by Crippen LogP contribution is 1.89. The van der Waals surface area contributed by atoms with E-state index in [0.29, 0.717) is 0 Å². The predicted molar refractivity (Wildman–Crippen MR) is 73.6 cm³/mol. The molecule has 0 aliphatic carbocycles. The van der Waals surface area contributed by atoms with Crippen molar-refractivity contribution in [1.82, 2.24) is 0 Å². The van der Waals surface area contributed by atoms with Gasteiger partial charge >= 0.3 is 15.9 Å². The number of hydrogen-bond acceptors (Lipinski definition) is 2. The van der Waals surface area contributed by atoms with Crippen LogP contribution in [0.15, 0.2) is 0 Å². The average Bonchev–Trinajstić information content (AvgIpc) is 2.16. The molecule has 0 amide bonds. The fourth-order valence-electron chi connectivity index (χ4n) is 0.670. The molecule has 0 saturated heterocycles. The van der Waals surface area contributed by atoms with Crippen molar-refractivity contribution < 1.29 is 7.58 Å². The van der Waals surface area contributed by atoms with E-state index in [1.54, 1.807) is 0 Å². The van der Waals surface area contributed by atoms with E-state index in [0.717, 1.165) is 13.2 Å². The van der Waals surface area contributed by atoms with Crippen molar-refractivity contribution >= 4 is 24.7 Å². The molecule has 0 bridgehead atoms. The normalized spacial score (nSPS) is 9.73. The molecule has 0 radical (unpaired) electrons. The van der Waals surface area contributed by atoms with E-state index in [2.05, 4.69) is 33.5 Å². The Morgan fingerprint density at radius 3 is 1.47 bits per heavy atom. The monoisotopic (exact) mass is 248 g/mol. The van der Waals surface area contributed by atoms with Crippen LogP contribution in [0.3, 0.4) is 0 Å². The van der Waals surface area contributed by atoms with Gasteiger partial charge in [-0.3, -0.25) is 0 Å². The lowest BCUT2D eigenvalue weighted by Gasteiger charge is -2.02. The van der Waals surface area contributed by atoms with Crippen LogP contribution in [0.1, 0.15) is 39.5 Å². The van der Waals surface area contributed by atoms with Crippen molar-refractivity contribution in [3.63, 3.8) is 0 Å². The minimum atomic E-state index is -0.629. The molecular formula is C11H29AlO2Si. The van der Waals surface area contributed by atoms with Gasteiger partial charge in [-0.1, -0.05) is 46.3 Å². The lowest BCUT2D eigenvalue weighted by atomic mass is 10.4. The van der Waals surface area contributed by atoms with Gasteiger partial charge in [-0.15, -0.1) is 0 Å². The summed E-state index contributed by atoms with van der Waals surface area (Å²) in [6, 6.07) is 0. The first-order valence-electron chi connectivity index (χ1n) is 6.30. The molecule has 0 heterocycles. The van der Waals surface area contributed by atoms with Crippen LogP contribution in [0.5, 0.6) is 0 Å². The van der Waals surface area contributed by atoms with Gasteiger partial charge in [-0.05, 0) is 12.8 Å². The minimum absolute atomic E-state index is 0.139. The van der Waals surface area contributed by atoms with Crippen molar-refractivity contribution in [2.24, 2.45) is 0 Å². The Balaban J connectivity index is 0. The summed E-state index contributed by atoms with van der Waals surface area (Å²) in [5, 5.41) is 0. The Hall–Kier alpha value is 0.669. The Kier molecular flexibility index (Phi) is 20.5. The van der Waals surface area contributed by atoms with E-state index >= 15 is 0 Å². The van der Waals surface area contributed by atoms with Crippen molar-refractivity contribution in [2.45, 2.75) is 59.2 Å². The fourth-order valence-corrected chi connectivity index (χ4v) is 1.43. The van der Waals surface area contributed by atoms with E-state index in [1.165, 1.54) is 25.7 Å². The van der Waals surface area contributed by atoms with Crippen LogP contribution in [0, 0.1) is 0 Å². The third kappa shape index (κ3) is 31.3. The molecule has 0 aromatic heterocycles. The molecule has 15 heavy (non-hydrogen) atoms. The largest absolute Gasteiger partial charge is 0.649 e. The number of unbranched alkanes of at least 4 members (excludes halogenated alkanes) is 2. The van der Waals surface area contributed by atoms with Crippen molar-refractivity contribution in [2.75, 3.05) is 13.2 Å². The van der Waals surface area contributed by atoms with Crippen LogP contribution in [0.25, 0.3) is 0 Å². The third-order valence-electron chi connectivity index (χ3n) is 1.45. The van der Waals surface area contributed by atoms with Gasteiger partial charge in [0, 0.05) is 22.0 Å². The molecule has 0 aromatic rings. The second-order valence-electron chi connectivity index (χ2n) is 4.37. The maximum absolute atomic E-state index is 5.34. The van der Waals surface area contributed by atoms with Crippen molar-refractivity contribution in [3.8, 4) is 0 Å². The second-order valence-corrected chi connectivity index (χ2v) is 8.89. The SMILES string of the molecule is CCCC[O][AlH][O]CCCC.C[SiH](C)C. The van der Waals surface area contributed by atoms with Gasteiger partial charge in [0.15, 0.2) is 0 Å². The lowest BCUT2D eigenvalue weighted by Crippen LogP contribution is -2.06. The average molecular weight is 248 g/mol. The standard InChI is InChI=1S/2C4H9O.C3H10Si.Al.H/c2*1-2-3-4-5;1-4(2)3;;/h2*2-4H2,1H3;4H,1-3H3;;/q2*-1;;+2;. The summed E-state index contributed by atoms with van der Waals surface area (Å²) in [6.07, 6.45) is 4.76. The van der Waals surface area contributed by atoms with E-state index in [9.17, 15) is 0 Å². The van der Waals surface area contributed by atoms with Crippen LogP contribution in [0.4, 0.5) is 0 Å².